The standard InChI is InChI=1S/C18H19ClO/c1-12-9-14(11-15(19)10-12)18(20)17-8-3-2-7-16(17)13-5-4-6-13/h2-3,7-11,13,18,20H,4-6H2,1H3. The van der Waals surface area contributed by atoms with Crippen LogP contribution in [0.15, 0.2) is 42.5 Å². The van der Waals surface area contributed by atoms with E-state index in [-0.39, 0.29) is 0 Å². The Morgan fingerprint density at radius 1 is 1.15 bits per heavy atom. The van der Waals surface area contributed by atoms with Crippen molar-refractivity contribution in [3.8, 4) is 0 Å². The van der Waals surface area contributed by atoms with Crippen molar-refractivity contribution >= 4 is 11.6 Å². The molecule has 0 radical (unpaired) electrons. The number of rotatable bonds is 3. The maximum atomic E-state index is 10.7. The highest BCUT2D eigenvalue weighted by atomic mass is 35.5. The second-order valence-corrected chi connectivity index (χ2v) is 6.16. The molecule has 3 rings (SSSR count). The lowest BCUT2D eigenvalue weighted by Crippen LogP contribution is -2.13. The van der Waals surface area contributed by atoms with Gasteiger partial charge in [-0.1, -0.05) is 48.4 Å². The number of aryl methyl sites for hydroxylation is 1. The fourth-order valence-electron chi connectivity index (χ4n) is 2.95. The molecular weight excluding hydrogens is 268 g/mol. The van der Waals surface area contributed by atoms with Crippen molar-refractivity contribution in [1.82, 2.24) is 0 Å². The van der Waals surface area contributed by atoms with Crippen LogP contribution < -0.4 is 0 Å². The molecule has 0 aliphatic heterocycles. The van der Waals surface area contributed by atoms with Gasteiger partial charge in [0.25, 0.3) is 0 Å². The highest BCUT2D eigenvalue weighted by molar-refractivity contribution is 6.30. The van der Waals surface area contributed by atoms with Crippen molar-refractivity contribution in [2.45, 2.75) is 38.2 Å². The van der Waals surface area contributed by atoms with E-state index in [1.165, 1.54) is 24.8 Å². The number of aliphatic hydroxyl groups excluding tert-OH is 1. The van der Waals surface area contributed by atoms with Crippen molar-refractivity contribution in [2.75, 3.05) is 0 Å². The van der Waals surface area contributed by atoms with Crippen molar-refractivity contribution in [1.29, 1.82) is 0 Å². The summed E-state index contributed by atoms with van der Waals surface area (Å²) >= 11 is 6.11. The molecule has 20 heavy (non-hydrogen) atoms. The second-order valence-electron chi connectivity index (χ2n) is 5.72. The van der Waals surface area contributed by atoms with Crippen LogP contribution in [0.4, 0.5) is 0 Å². The molecule has 1 saturated carbocycles. The van der Waals surface area contributed by atoms with Gasteiger partial charge in [0.05, 0.1) is 0 Å². The number of hydrogen-bond acceptors (Lipinski definition) is 1. The normalized spacial score (nSPS) is 16.8. The van der Waals surface area contributed by atoms with Crippen LogP contribution in [0.3, 0.4) is 0 Å². The van der Waals surface area contributed by atoms with Gasteiger partial charge in [-0.05, 0) is 60.1 Å². The third-order valence-electron chi connectivity index (χ3n) is 4.22. The Morgan fingerprint density at radius 2 is 1.90 bits per heavy atom. The Bertz CT molecular complexity index is 596. The molecule has 0 aromatic heterocycles. The van der Waals surface area contributed by atoms with E-state index in [9.17, 15) is 5.11 Å². The van der Waals surface area contributed by atoms with Crippen molar-refractivity contribution in [2.24, 2.45) is 0 Å². The number of benzene rings is 2. The first-order chi connectivity index (χ1) is 9.65. The quantitative estimate of drug-likeness (QED) is 0.842. The van der Waals surface area contributed by atoms with Gasteiger partial charge in [0.2, 0.25) is 0 Å². The number of hydrogen-bond donors (Lipinski definition) is 1. The van der Waals surface area contributed by atoms with E-state index in [1.54, 1.807) is 0 Å². The minimum absolute atomic E-state index is 0.593. The van der Waals surface area contributed by atoms with E-state index in [4.69, 9.17) is 11.6 Å². The van der Waals surface area contributed by atoms with Gasteiger partial charge >= 0.3 is 0 Å². The Labute approximate surface area is 125 Å². The van der Waals surface area contributed by atoms with Crippen molar-refractivity contribution in [3.63, 3.8) is 0 Å². The van der Waals surface area contributed by atoms with Gasteiger partial charge in [0.15, 0.2) is 0 Å². The van der Waals surface area contributed by atoms with Crippen LogP contribution in [0.1, 0.15) is 53.5 Å². The molecule has 2 heteroatoms. The zero-order valence-electron chi connectivity index (χ0n) is 11.6. The first kappa shape index (κ1) is 13.7. The molecule has 1 N–H and O–H groups in total. The van der Waals surface area contributed by atoms with Crippen LogP contribution in [0.5, 0.6) is 0 Å². The fraction of sp³-hybridized carbons (Fsp3) is 0.333. The van der Waals surface area contributed by atoms with E-state index >= 15 is 0 Å². The number of halogens is 1. The van der Waals surface area contributed by atoms with E-state index in [0.717, 1.165) is 16.7 Å². The van der Waals surface area contributed by atoms with Gasteiger partial charge in [-0.15, -0.1) is 0 Å². The zero-order valence-corrected chi connectivity index (χ0v) is 12.4. The average Bonchev–Trinajstić information content (AvgIpc) is 2.35. The lowest BCUT2D eigenvalue weighted by molar-refractivity contribution is 0.217. The highest BCUT2D eigenvalue weighted by Crippen LogP contribution is 2.40. The van der Waals surface area contributed by atoms with Crippen LogP contribution in [-0.4, -0.2) is 5.11 Å². The highest BCUT2D eigenvalue weighted by Gasteiger charge is 2.24. The van der Waals surface area contributed by atoms with Gasteiger partial charge < -0.3 is 5.11 Å². The Kier molecular flexibility index (Phi) is 3.82. The smallest absolute Gasteiger partial charge is 0.104 e. The Hall–Kier alpha value is -1.31. The van der Waals surface area contributed by atoms with Gasteiger partial charge in [-0.3, -0.25) is 0 Å². The van der Waals surface area contributed by atoms with Crippen LogP contribution in [-0.2, 0) is 0 Å². The molecule has 1 aliphatic rings. The molecule has 2 aromatic rings. The largest absolute Gasteiger partial charge is 0.384 e. The molecule has 0 saturated heterocycles. The van der Waals surface area contributed by atoms with Gasteiger partial charge in [-0.25, -0.2) is 0 Å². The molecule has 0 spiro atoms. The van der Waals surface area contributed by atoms with Crippen LogP contribution in [0, 0.1) is 6.92 Å². The monoisotopic (exact) mass is 286 g/mol. The zero-order chi connectivity index (χ0) is 14.1. The minimum atomic E-state index is -0.593. The number of aliphatic hydroxyl groups is 1. The molecule has 2 aromatic carbocycles. The summed E-state index contributed by atoms with van der Waals surface area (Å²) in [6, 6.07) is 14.0. The average molecular weight is 287 g/mol. The van der Waals surface area contributed by atoms with E-state index < -0.39 is 6.10 Å². The molecule has 0 bridgehead atoms. The summed E-state index contributed by atoms with van der Waals surface area (Å²) in [5.41, 5.74) is 4.28. The SMILES string of the molecule is Cc1cc(Cl)cc(C(O)c2ccccc2C2CCC2)c1. The third-order valence-corrected chi connectivity index (χ3v) is 4.43. The molecule has 1 fully saturated rings. The van der Waals surface area contributed by atoms with Crippen LogP contribution in [0.25, 0.3) is 0 Å². The summed E-state index contributed by atoms with van der Waals surface area (Å²) in [6.45, 7) is 2.00. The minimum Gasteiger partial charge on any atom is -0.384 e. The lowest BCUT2D eigenvalue weighted by atomic mass is 9.77. The van der Waals surface area contributed by atoms with Gasteiger partial charge in [0.1, 0.15) is 6.10 Å². The molecule has 0 heterocycles. The lowest BCUT2D eigenvalue weighted by Gasteiger charge is -2.29. The predicted octanol–water partition coefficient (Wildman–Crippen LogP) is 5.00. The predicted molar refractivity (Wildman–Crippen MR) is 83.3 cm³/mol. The molecule has 0 amide bonds. The van der Waals surface area contributed by atoms with Gasteiger partial charge in [0, 0.05) is 5.02 Å². The molecule has 1 aliphatic carbocycles. The molecular formula is C18H19ClO. The summed E-state index contributed by atoms with van der Waals surface area (Å²) < 4.78 is 0. The molecule has 1 unspecified atom stereocenters. The first-order valence-corrected chi connectivity index (χ1v) is 7.57. The summed E-state index contributed by atoms with van der Waals surface area (Å²) in [4.78, 5) is 0. The second kappa shape index (κ2) is 5.59. The Balaban J connectivity index is 1.99. The molecule has 1 atom stereocenters. The van der Waals surface area contributed by atoms with E-state index in [2.05, 4.69) is 12.1 Å². The summed E-state index contributed by atoms with van der Waals surface area (Å²) in [5.74, 6) is 0.612. The molecule has 104 valence electrons. The van der Waals surface area contributed by atoms with Crippen molar-refractivity contribution in [3.05, 3.63) is 69.7 Å². The summed E-state index contributed by atoms with van der Waals surface area (Å²) in [7, 11) is 0. The maximum absolute atomic E-state index is 10.7. The van der Waals surface area contributed by atoms with Crippen LogP contribution in [0.2, 0.25) is 5.02 Å². The van der Waals surface area contributed by atoms with Crippen LogP contribution >= 0.6 is 11.6 Å². The maximum Gasteiger partial charge on any atom is 0.104 e. The third kappa shape index (κ3) is 2.61. The topological polar surface area (TPSA) is 20.2 Å². The fourth-order valence-corrected chi connectivity index (χ4v) is 3.25. The first-order valence-electron chi connectivity index (χ1n) is 7.19. The Morgan fingerprint density at radius 3 is 2.55 bits per heavy atom. The summed E-state index contributed by atoms with van der Waals surface area (Å²) in [5, 5.41) is 11.4. The summed E-state index contributed by atoms with van der Waals surface area (Å²) in [6.07, 6.45) is 3.17. The van der Waals surface area contributed by atoms with Crippen molar-refractivity contribution < 1.29 is 5.11 Å². The van der Waals surface area contributed by atoms with E-state index in [1.807, 2.05) is 37.3 Å². The van der Waals surface area contributed by atoms with Gasteiger partial charge in [-0.2, -0.15) is 0 Å². The molecule has 1 nitrogen and oxygen atoms in total. The van der Waals surface area contributed by atoms with E-state index in [0.29, 0.717) is 10.9 Å².